The third-order valence-electron chi connectivity index (χ3n) is 7.37. The van der Waals surface area contributed by atoms with E-state index in [-0.39, 0.29) is 19.8 Å². The van der Waals surface area contributed by atoms with E-state index in [1.807, 2.05) is 18.2 Å². The van der Waals surface area contributed by atoms with Crippen molar-refractivity contribution in [2.45, 2.75) is 39.7 Å². The number of aliphatic hydroxyl groups excluding tert-OH is 1. The number of carbonyl (C=O) groups is 2. The summed E-state index contributed by atoms with van der Waals surface area (Å²) in [7, 11) is 0. The first kappa shape index (κ1) is 30.1. The molecule has 0 bridgehead atoms. The highest BCUT2D eigenvalue weighted by atomic mass is 16.5. The molecule has 2 aromatic carbocycles. The molecule has 2 aliphatic heterocycles. The lowest BCUT2D eigenvalue weighted by molar-refractivity contribution is -0.139. The van der Waals surface area contributed by atoms with Gasteiger partial charge in [0.1, 0.15) is 18.5 Å². The molecular formula is C32H41N3O6. The number of rotatable bonds is 11. The molecule has 0 radical (unpaired) electrons. The van der Waals surface area contributed by atoms with Gasteiger partial charge >= 0.3 is 11.9 Å². The fourth-order valence-corrected chi connectivity index (χ4v) is 5.41. The molecule has 1 unspecified atom stereocenters. The molecule has 2 N–H and O–H groups in total. The number of ether oxygens (including phenoxy) is 3. The van der Waals surface area contributed by atoms with Crippen molar-refractivity contribution >= 4 is 17.6 Å². The van der Waals surface area contributed by atoms with Crippen molar-refractivity contribution in [3.63, 3.8) is 0 Å². The average molecular weight is 564 g/mol. The Morgan fingerprint density at radius 2 is 1.44 bits per heavy atom. The lowest BCUT2D eigenvalue weighted by Gasteiger charge is -2.36. The molecule has 0 aliphatic carbocycles. The molecule has 2 aliphatic rings. The fourth-order valence-electron chi connectivity index (χ4n) is 5.41. The van der Waals surface area contributed by atoms with E-state index in [4.69, 9.17) is 14.2 Å². The van der Waals surface area contributed by atoms with Crippen LogP contribution in [0.15, 0.2) is 77.1 Å². The van der Waals surface area contributed by atoms with Gasteiger partial charge in [0.2, 0.25) is 0 Å². The molecule has 9 heteroatoms. The van der Waals surface area contributed by atoms with Gasteiger partial charge in [-0.1, -0.05) is 30.3 Å². The minimum absolute atomic E-state index is 0.159. The number of anilines is 1. The van der Waals surface area contributed by atoms with Gasteiger partial charge in [0, 0.05) is 49.8 Å². The highest BCUT2D eigenvalue weighted by Crippen LogP contribution is 2.39. The topological polar surface area (TPSA) is 101 Å². The molecule has 220 valence electrons. The number of para-hydroxylation sites is 1. The van der Waals surface area contributed by atoms with E-state index in [1.54, 1.807) is 39.8 Å². The summed E-state index contributed by atoms with van der Waals surface area (Å²) < 4.78 is 16.6. The number of β-amino-alcohol motifs (C(OH)–C–C–N with tert-alkyl or cyclic N) is 1. The second kappa shape index (κ2) is 14.2. The fraction of sp³-hybridized carbons (Fsp3) is 0.438. The standard InChI is InChI=1S/C32H41N3O6/c1-5-39-31(37)28-22(3)33-23(4)29(32(38)40-6-2)30(28)24-12-14-27(15-13-24)41-21-26(36)20-34-16-18-35(19-17-34)25-10-8-7-9-11-25/h7-15,26,30,33,36H,5-6,16-21H2,1-4H3. The molecule has 0 saturated carbocycles. The van der Waals surface area contributed by atoms with Crippen LogP contribution in [-0.2, 0) is 19.1 Å². The van der Waals surface area contributed by atoms with Crippen LogP contribution in [0.3, 0.4) is 0 Å². The van der Waals surface area contributed by atoms with Gasteiger partial charge in [-0.25, -0.2) is 9.59 Å². The van der Waals surface area contributed by atoms with Crippen LogP contribution in [0.2, 0.25) is 0 Å². The Kier molecular flexibility index (Phi) is 10.4. The van der Waals surface area contributed by atoms with Crippen LogP contribution in [0.5, 0.6) is 5.75 Å². The van der Waals surface area contributed by atoms with Gasteiger partial charge in [-0.05, 0) is 57.5 Å². The van der Waals surface area contributed by atoms with Crippen molar-refractivity contribution < 1.29 is 28.9 Å². The van der Waals surface area contributed by atoms with Crippen LogP contribution < -0.4 is 15.0 Å². The van der Waals surface area contributed by atoms with Crippen molar-refractivity contribution in [2.75, 3.05) is 57.4 Å². The number of hydrogen-bond donors (Lipinski definition) is 2. The summed E-state index contributed by atoms with van der Waals surface area (Å²) in [6.45, 7) is 11.8. The number of carbonyl (C=O) groups excluding carboxylic acids is 2. The highest BCUT2D eigenvalue weighted by Gasteiger charge is 2.38. The summed E-state index contributed by atoms with van der Waals surface area (Å²) in [5.74, 6) is -1.02. The van der Waals surface area contributed by atoms with E-state index in [0.717, 1.165) is 31.7 Å². The highest BCUT2D eigenvalue weighted by molar-refractivity contribution is 5.99. The molecule has 4 rings (SSSR count). The molecule has 41 heavy (non-hydrogen) atoms. The van der Waals surface area contributed by atoms with Gasteiger partial charge in [-0.3, -0.25) is 4.90 Å². The van der Waals surface area contributed by atoms with Crippen molar-refractivity contribution in [1.82, 2.24) is 10.2 Å². The third-order valence-corrected chi connectivity index (χ3v) is 7.37. The molecule has 2 aromatic rings. The second-order valence-corrected chi connectivity index (χ2v) is 10.2. The number of hydrogen-bond acceptors (Lipinski definition) is 9. The van der Waals surface area contributed by atoms with E-state index in [2.05, 4.69) is 39.4 Å². The predicted molar refractivity (Wildman–Crippen MR) is 158 cm³/mol. The summed E-state index contributed by atoms with van der Waals surface area (Å²) in [6, 6.07) is 17.6. The van der Waals surface area contributed by atoms with E-state index >= 15 is 0 Å². The Balaban J connectivity index is 1.39. The maximum Gasteiger partial charge on any atom is 0.336 e. The number of piperazine rings is 1. The molecular weight excluding hydrogens is 522 g/mol. The zero-order valence-corrected chi connectivity index (χ0v) is 24.4. The van der Waals surface area contributed by atoms with Crippen molar-refractivity contribution in [3.05, 3.63) is 82.7 Å². The molecule has 0 amide bonds. The zero-order chi connectivity index (χ0) is 29.4. The first-order valence-corrected chi connectivity index (χ1v) is 14.3. The number of allylic oxidation sites excluding steroid dienone is 2. The van der Waals surface area contributed by atoms with Gasteiger partial charge in [0.05, 0.1) is 30.3 Å². The Morgan fingerprint density at radius 3 is 1.98 bits per heavy atom. The van der Waals surface area contributed by atoms with Crippen LogP contribution in [0.1, 0.15) is 39.2 Å². The minimum Gasteiger partial charge on any atom is -0.491 e. The number of aliphatic hydroxyl groups is 1. The summed E-state index contributed by atoms with van der Waals surface area (Å²) in [4.78, 5) is 30.6. The Bertz CT molecular complexity index is 1210. The van der Waals surface area contributed by atoms with Gasteiger partial charge < -0.3 is 29.5 Å². The molecule has 1 fully saturated rings. The first-order valence-electron chi connectivity index (χ1n) is 14.3. The number of benzene rings is 2. The normalized spacial score (nSPS) is 17.2. The van der Waals surface area contributed by atoms with E-state index in [1.165, 1.54) is 5.69 Å². The molecule has 0 aromatic heterocycles. The average Bonchev–Trinajstić information content (AvgIpc) is 2.97. The monoisotopic (exact) mass is 563 g/mol. The number of nitrogens with one attached hydrogen (secondary N) is 1. The minimum atomic E-state index is -0.649. The van der Waals surface area contributed by atoms with Gasteiger partial charge in [-0.15, -0.1) is 0 Å². The molecule has 0 spiro atoms. The van der Waals surface area contributed by atoms with Gasteiger partial charge in [-0.2, -0.15) is 0 Å². The van der Waals surface area contributed by atoms with Crippen molar-refractivity contribution in [1.29, 1.82) is 0 Å². The maximum atomic E-state index is 13.0. The number of nitrogens with zero attached hydrogens (tertiary/aromatic N) is 2. The Morgan fingerprint density at radius 1 is 0.878 bits per heavy atom. The molecule has 1 atom stereocenters. The predicted octanol–water partition coefficient (Wildman–Crippen LogP) is 3.61. The van der Waals surface area contributed by atoms with Crippen molar-refractivity contribution in [2.24, 2.45) is 0 Å². The van der Waals surface area contributed by atoms with Crippen LogP contribution in [-0.4, -0.2) is 80.6 Å². The molecule has 1 saturated heterocycles. The SMILES string of the molecule is CCOC(=O)C1=C(C)NC(C)=C(C(=O)OCC)C1c1ccc(OCC(O)CN2CCN(c3ccccc3)CC2)cc1. The Labute approximate surface area is 242 Å². The summed E-state index contributed by atoms with van der Waals surface area (Å²) in [5, 5.41) is 13.8. The van der Waals surface area contributed by atoms with E-state index in [0.29, 0.717) is 34.8 Å². The lowest BCUT2D eigenvalue weighted by atomic mass is 9.80. The maximum absolute atomic E-state index is 13.0. The van der Waals surface area contributed by atoms with Crippen LogP contribution in [0, 0.1) is 0 Å². The lowest BCUT2D eigenvalue weighted by Crippen LogP contribution is -2.49. The number of esters is 2. The number of dihydropyridines is 1. The van der Waals surface area contributed by atoms with E-state index < -0.39 is 24.0 Å². The van der Waals surface area contributed by atoms with Crippen LogP contribution in [0.4, 0.5) is 5.69 Å². The van der Waals surface area contributed by atoms with Crippen LogP contribution >= 0.6 is 0 Å². The quantitative estimate of drug-likeness (QED) is 0.397. The molecule has 2 heterocycles. The Hall–Kier alpha value is -3.82. The summed E-state index contributed by atoms with van der Waals surface area (Å²) >= 11 is 0. The largest absolute Gasteiger partial charge is 0.491 e. The molecule has 9 nitrogen and oxygen atoms in total. The summed E-state index contributed by atoms with van der Waals surface area (Å²) in [5.41, 5.74) is 3.97. The van der Waals surface area contributed by atoms with Gasteiger partial charge in [0.25, 0.3) is 0 Å². The first-order chi connectivity index (χ1) is 19.8. The van der Waals surface area contributed by atoms with Gasteiger partial charge in [0.15, 0.2) is 0 Å². The summed E-state index contributed by atoms with van der Waals surface area (Å²) in [6.07, 6.45) is -0.635. The van der Waals surface area contributed by atoms with Crippen LogP contribution in [0.25, 0.3) is 0 Å². The van der Waals surface area contributed by atoms with E-state index in [9.17, 15) is 14.7 Å². The zero-order valence-electron chi connectivity index (χ0n) is 24.4. The second-order valence-electron chi connectivity index (χ2n) is 10.2. The smallest absolute Gasteiger partial charge is 0.336 e. The third kappa shape index (κ3) is 7.48. The van der Waals surface area contributed by atoms with Crippen molar-refractivity contribution in [3.8, 4) is 5.75 Å².